The molecule has 3 N–H and O–H groups in total. The molecule has 0 atom stereocenters. The Balaban J connectivity index is 2.36. The van der Waals surface area contributed by atoms with Crippen LogP contribution in [0.2, 0.25) is 0 Å². The SMILES string of the molecule is Cc1nc(NS(=O)(=O)c2ccc(N)cc2)nc(C)c1C. The fraction of sp³-hybridized carbons (Fsp3) is 0.231. The van der Waals surface area contributed by atoms with Gasteiger partial charge in [-0.25, -0.2) is 23.1 Å². The lowest BCUT2D eigenvalue weighted by atomic mass is 10.2. The summed E-state index contributed by atoms with van der Waals surface area (Å²) < 4.78 is 26.7. The maximum Gasteiger partial charge on any atom is 0.264 e. The molecule has 6 nitrogen and oxygen atoms in total. The summed E-state index contributed by atoms with van der Waals surface area (Å²) in [5, 5.41) is 0. The van der Waals surface area contributed by atoms with Crippen LogP contribution in [0, 0.1) is 20.8 Å². The average molecular weight is 292 g/mol. The number of nitrogens with one attached hydrogen (secondary N) is 1. The van der Waals surface area contributed by atoms with E-state index in [-0.39, 0.29) is 10.8 Å². The summed E-state index contributed by atoms with van der Waals surface area (Å²) in [6.45, 7) is 5.51. The highest BCUT2D eigenvalue weighted by Crippen LogP contribution is 2.17. The van der Waals surface area contributed by atoms with Crippen molar-refractivity contribution in [1.29, 1.82) is 0 Å². The Morgan fingerprint density at radius 3 is 2.00 bits per heavy atom. The van der Waals surface area contributed by atoms with E-state index in [2.05, 4.69) is 14.7 Å². The number of anilines is 2. The number of nitrogens with two attached hydrogens (primary N) is 1. The zero-order valence-corrected chi connectivity index (χ0v) is 12.3. The maximum atomic E-state index is 12.2. The standard InChI is InChI=1S/C13H16N4O2S/c1-8-9(2)15-13(16-10(8)3)17-20(18,19)12-6-4-11(14)5-7-12/h4-7H,14H2,1-3H3,(H,15,16,17). The number of aryl methyl sites for hydroxylation is 2. The van der Waals surface area contributed by atoms with Crippen molar-refractivity contribution >= 4 is 21.7 Å². The second-order valence-corrected chi connectivity index (χ2v) is 6.20. The van der Waals surface area contributed by atoms with Gasteiger partial charge in [0.05, 0.1) is 4.90 Å². The summed E-state index contributed by atoms with van der Waals surface area (Å²) in [5.41, 5.74) is 8.47. The molecule has 106 valence electrons. The molecule has 0 spiro atoms. The molecule has 0 aliphatic carbocycles. The van der Waals surface area contributed by atoms with Gasteiger partial charge >= 0.3 is 0 Å². The molecule has 1 heterocycles. The Bertz CT molecular complexity index is 716. The van der Waals surface area contributed by atoms with E-state index in [0.717, 1.165) is 17.0 Å². The van der Waals surface area contributed by atoms with Gasteiger partial charge < -0.3 is 5.73 Å². The number of benzene rings is 1. The van der Waals surface area contributed by atoms with E-state index in [1.165, 1.54) is 24.3 Å². The Morgan fingerprint density at radius 1 is 1.00 bits per heavy atom. The van der Waals surface area contributed by atoms with E-state index < -0.39 is 10.0 Å². The second-order valence-electron chi connectivity index (χ2n) is 4.52. The first-order valence-corrected chi connectivity index (χ1v) is 7.48. The Kier molecular flexibility index (Phi) is 3.63. The highest BCUT2D eigenvalue weighted by atomic mass is 32.2. The minimum absolute atomic E-state index is 0.0717. The fourth-order valence-electron chi connectivity index (χ4n) is 1.64. The van der Waals surface area contributed by atoms with Crippen molar-refractivity contribution in [3.05, 3.63) is 41.2 Å². The van der Waals surface area contributed by atoms with Gasteiger partial charge in [0, 0.05) is 17.1 Å². The zero-order valence-electron chi connectivity index (χ0n) is 11.5. The number of rotatable bonds is 3. The van der Waals surface area contributed by atoms with Gasteiger partial charge in [0.1, 0.15) is 0 Å². The van der Waals surface area contributed by atoms with E-state index in [4.69, 9.17) is 5.73 Å². The molecule has 0 bridgehead atoms. The Hall–Kier alpha value is -2.15. The third kappa shape index (κ3) is 2.88. The van der Waals surface area contributed by atoms with E-state index >= 15 is 0 Å². The molecule has 20 heavy (non-hydrogen) atoms. The van der Waals surface area contributed by atoms with Crippen molar-refractivity contribution < 1.29 is 8.42 Å². The molecule has 0 aliphatic heterocycles. The van der Waals surface area contributed by atoms with Crippen LogP contribution in [0.25, 0.3) is 0 Å². The highest BCUT2D eigenvalue weighted by Gasteiger charge is 2.16. The normalized spacial score (nSPS) is 11.3. The van der Waals surface area contributed by atoms with E-state index in [9.17, 15) is 8.42 Å². The van der Waals surface area contributed by atoms with Crippen LogP contribution in [0.3, 0.4) is 0 Å². The van der Waals surface area contributed by atoms with Gasteiger partial charge in [0.2, 0.25) is 5.95 Å². The lowest BCUT2D eigenvalue weighted by molar-refractivity contribution is 0.601. The molecule has 2 aromatic rings. The van der Waals surface area contributed by atoms with Gasteiger partial charge in [-0.15, -0.1) is 0 Å². The molecule has 1 aromatic carbocycles. The van der Waals surface area contributed by atoms with Crippen LogP contribution in [0.1, 0.15) is 17.0 Å². The lowest BCUT2D eigenvalue weighted by Gasteiger charge is -2.10. The van der Waals surface area contributed by atoms with Crippen molar-refractivity contribution in [3.63, 3.8) is 0 Å². The molecule has 0 unspecified atom stereocenters. The van der Waals surface area contributed by atoms with Gasteiger partial charge in [-0.2, -0.15) is 0 Å². The summed E-state index contributed by atoms with van der Waals surface area (Å²) in [6, 6.07) is 5.93. The van der Waals surface area contributed by atoms with Crippen LogP contribution in [-0.4, -0.2) is 18.4 Å². The summed E-state index contributed by atoms with van der Waals surface area (Å²) in [4.78, 5) is 8.39. The van der Waals surface area contributed by atoms with Crippen LogP contribution < -0.4 is 10.5 Å². The molecule has 0 fully saturated rings. The largest absolute Gasteiger partial charge is 0.399 e. The number of nitrogens with zero attached hydrogens (tertiary/aromatic N) is 2. The smallest absolute Gasteiger partial charge is 0.264 e. The van der Waals surface area contributed by atoms with Crippen molar-refractivity contribution in [1.82, 2.24) is 9.97 Å². The van der Waals surface area contributed by atoms with Crippen LogP contribution >= 0.6 is 0 Å². The van der Waals surface area contributed by atoms with Crippen LogP contribution in [0.15, 0.2) is 29.2 Å². The molecule has 0 radical (unpaired) electrons. The summed E-state index contributed by atoms with van der Waals surface area (Å²) in [5.74, 6) is 0.0717. The molecular formula is C13H16N4O2S. The molecule has 2 rings (SSSR count). The topological polar surface area (TPSA) is 98.0 Å². The monoisotopic (exact) mass is 292 g/mol. The van der Waals surface area contributed by atoms with Crippen LogP contribution in [0.5, 0.6) is 0 Å². The molecular weight excluding hydrogens is 276 g/mol. The van der Waals surface area contributed by atoms with E-state index in [1.807, 2.05) is 20.8 Å². The number of hydrogen-bond acceptors (Lipinski definition) is 5. The van der Waals surface area contributed by atoms with E-state index in [1.54, 1.807) is 0 Å². The molecule has 0 saturated heterocycles. The van der Waals surface area contributed by atoms with Crippen LogP contribution in [0.4, 0.5) is 11.6 Å². The summed E-state index contributed by atoms with van der Waals surface area (Å²) >= 11 is 0. The van der Waals surface area contributed by atoms with Gasteiger partial charge in [-0.05, 0) is 50.6 Å². The van der Waals surface area contributed by atoms with Gasteiger partial charge in [0.15, 0.2) is 0 Å². The van der Waals surface area contributed by atoms with Gasteiger partial charge in [-0.1, -0.05) is 0 Å². The predicted molar refractivity (Wildman–Crippen MR) is 77.9 cm³/mol. The lowest BCUT2D eigenvalue weighted by Crippen LogP contribution is -2.16. The minimum Gasteiger partial charge on any atom is -0.399 e. The second kappa shape index (κ2) is 5.09. The first-order chi connectivity index (χ1) is 9.29. The first-order valence-electron chi connectivity index (χ1n) is 6.00. The molecule has 0 saturated carbocycles. The van der Waals surface area contributed by atoms with Crippen molar-refractivity contribution in [2.24, 2.45) is 0 Å². The third-order valence-corrected chi connectivity index (χ3v) is 4.39. The number of nitrogen functional groups attached to an aromatic ring is 1. The number of aromatic nitrogens is 2. The van der Waals surface area contributed by atoms with Crippen molar-refractivity contribution in [2.75, 3.05) is 10.5 Å². The van der Waals surface area contributed by atoms with E-state index in [0.29, 0.717) is 5.69 Å². The Labute approximate surface area is 118 Å². The number of hydrogen-bond donors (Lipinski definition) is 2. The van der Waals surface area contributed by atoms with Crippen LogP contribution in [-0.2, 0) is 10.0 Å². The fourth-order valence-corrected chi connectivity index (χ4v) is 2.59. The molecule has 1 aromatic heterocycles. The highest BCUT2D eigenvalue weighted by molar-refractivity contribution is 7.92. The zero-order chi connectivity index (χ0) is 14.9. The summed E-state index contributed by atoms with van der Waals surface area (Å²) in [7, 11) is -3.71. The third-order valence-electron chi connectivity index (χ3n) is 3.05. The maximum absolute atomic E-state index is 12.2. The minimum atomic E-state index is -3.71. The first kappa shape index (κ1) is 14.3. The Morgan fingerprint density at radius 2 is 1.50 bits per heavy atom. The van der Waals surface area contributed by atoms with Gasteiger partial charge in [0.25, 0.3) is 10.0 Å². The quantitative estimate of drug-likeness (QED) is 0.840. The molecule has 0 aliphatic rings. The molecule has 7 heteroatoms. The molecule has 0 amide bonds. The predicted octanol–water partition coefficient (Wildman–Crippen LogP) is 1.78. The van der Waals surface area contributed by atoms with Crippen molar-refractivity contribution in [3.8, 4) is 0 Å². The number of sulfonamides is 1. The summed E-state index contributed by atoms with van der Waals surface area (Å²) in [6.07, 6.45) is 0. The van der Waals surface area contributed by atoms with Gasteiger partial charge in [-0.3, -0.25) is 0 Å². The van der Waals surface area contributed by atoms with Crippen molar-refractivity contribution in [2.45, 2.75) is 25.7 Å². The average Bonchev–Trinajstić information content (AvgIpc) is 2.36.